The number of nitrogens with zero attached hydrogens (tertiary/aromatic N) is 1. The van der Waals surface area contributed by atoms with Gasteiger partial charge in [-0.1, -0.05) is 28.1 Å². The lowest BCUT2D eigenvalue weighted by Gasteiger charge is -2.04. The Labute approximate surface area is 97.3 Å². The summed E-state index contributed by atoms with van der Waals surface area (Å²) in [6.07, 6.45) is 1.78. The minimum atomic E-state index is 0.546. The van der Waals surface area contributed by atoms with E-state index >= 15 is 0 Å². The highest BCUT2D eigenvalue weighted by molar-refractivity contribution is 9.10. The van der Waals surface area contributed by atoms with Gasteiger partial charge in [0.25, 0.3) is 0 Å². The number of halogens is 1. The van der Waals surface area contributed by atoms with Crippen molar-refractivity contribution in [2.24, 2.45) is 0 Å². The molecule has 0 spiro atoms. The van der Waals surface area contributed by atoms with E-state index in [0.717, 1.165) is 15.6 Å². The summed E-state index contributed by atoms with van der Waals surface area (Å²) in [5.74, 6) is 0.546. The Bertz CT molecular complexity index is 477. The van der Waals surface area contributed by atoms with Gasteiger partial charge in [-0.05, 0) is 36.2 Å². The maximum absolute atomic E-state index is 5.54. The van der Waals surface area contributed by atoms with E-state index in [1.54, 1.807) is 6.20 Å². The Morgan fingerprint density at radius 2 is 1.87 bits per heavy atom. The number of nitrogen functional groups attached to an aromatic ring is 1. The SMILES string of the molecule is Cc1ccc(-c2ccc(N)nc2)cc1Br. The van der Waals surface area contributed by atoms with Crippen LogP contribution >= 0.6 is 15.9 Å². The fraction of sp³-hybridized carbons (Fsp3) is 0.0833. The van der Waals surface area contributed by atoms with E-state index in [1.807, 2.05) is 12.1 Å². The van der Waals surface area contributed by atoms with Crippen LogP contribution in [0.2, 0.25) is 0 Å². The smallest absolute Gasteiger partial charge is 0.123 e. The molecular weight excluding hydrogens is 252 g/mol. The van der Waals surface area contributed by atoms with Gasteiger partial charge in [0.05, 0.1) is 0 Å². The minimum absolute atomic E-state index is 0.546. The first-order valence-electron chi connectivity index (χ1n) is 4.65. The highest BCUT2D eigenvalue weighted by Gasteiger charge is 2.00. The van der Waals surface area contributed by atoms with Crippen molar-refractivity contribution < 1.29 is 0 Å². The van der Waals surface area contributed by atoms with Gasteiger partial charge in [-0.15, -0.1) is 0 Å². The van der Waals surface area contributed by atoms with Crippen LogP contribution in [0, 0.1) is 6.92 Å². The molecule has 0 radical (unpaired) electrons. The molecule has 0 aliphatic rings. The first-order chi connectivity index (χ1) is 7.16. The molecule has 2 nitrogen and oxygen atoms in total. The molecule has 2 rings (SSSR count). The normalized spacial score (nSPS) is 10.3. The van der Waals surface area contributed by atoms with Crippen molar-refractivity contribution in [2.45, 2.75) is 6.92 Å². The molecule has 0 fully saturated rings. The van der Waals surface area contributed by atoms with Crippen LogP contribution in [0.15, 0.2) is 41.0 Å². The monoisotopic (exact) mass is 262 g/mol. The van der Waals surface area contributed by atoms with E-state index in [0.29, 0.717) is 5.82 Å². The lowest BCUT2D eigenvalue weighted by molar-refractivity contribution is 1.33. The molecule has 0 atom stereocenters. The molecule has 0 saturated heterocycles. The largest absolute Gasteiger partial charge is 0.384 e. The van der Waals surface area contributed by atoms with Crippen molar-refractivity contribution in [1.29, 1.82) is 0 Å². The first kappa shape index (κ1) is 10.2. The number of pyridine rings is 1. The van der Waals surface area contributed by atoms with Crippen LogP contribution in [0.1, 0.15) is 5.56 Å². The number of rotatable bonds is 1. The number of benzene rings is 1. The Balaban J connectivity index is 2.45. The van der Waals surface area contributed by atoms with Crippen molar-refractivity contribution in [1.82, 2.24) is 4.98 Å². The van der Waals surface area contributed by atoms with Crippen molar-refractivity contribution in [2.75, 3.05) is 5.73 Å². The van der Waals surface area contributed by atoms with E-state index in [2.05, 4.69) is 46.0 Å². The Morgan fingerprint density at radius 1 is 1.13 bits per heavy atom. The Kier molecular flexibility index (Phi) is 2.73. The second kappa shape index (κ2) is 4.03. The zero-order chi connectivity index (χ0) is 10.8. The van der Waals surface area contributed by atoms with Crippen LogP contribution in [0.25, 0.3) is 11.1 Å². The number of anilines is 1. The number of aromatic nitrogens is 1. The summed E-state index contributed by atoms with van der Waals surface area (Å²) >= 11 is 3.51. The molecule has 0 aliphatic heterocycles. The van der Waals surface area contributed by atoms with Crippen LogP contribution in [0.4, 0.5) is 5.82 Å². The highest BCUT2D eigenvalue weighted by atomic mass is 79.9. The number of hydrogen-bond acceptors (Lipinski definition) is 2. The first-order valence-corrected chi connectivity index (χ1v) is 5.44. The van der Waals surface area contributed by atoms with Crippen molar-refractivity contribution in [3.05, 3.63) is 46.6 Å². The lowest BCUT2D eigenvalue weighted by Crippen LogP contribution is -1.89. The van der Waals surface area contributed by atoms with Crippen LogP contribution in [0.5, 0.6) is 0 Å². The third kappa shape index (κ3) is 2.18. The maximum atomic E-state index is 5.54. The van der Waals surface area contributed by atoms with E-state index in [9.17, 15) is 0 Å². The highest BCUT2D eigenvalue weighted by Crippen LogP contribution is 2.25. The molecule has 3 heteroatoms. The molecule has 1 heterocycles. The van der Waals surface area contributed by atoms with Gasteiger partial charge in [-0.25, -0.2) is 4.98 Å². The molecule has 1 aromatic heterocycles. The van der Waals surface area contributed by atoms with Gasteiger partial charge in [-0.2, -0.15) is 0 Å². The molecule has 0 amide bonds. The summed E-state index contributed by atoms with van der Waals surface area (Å²) in [5.41, 5.74) is 8.98. The third-order valence-electron chi connectivity index (χ3n) is 2.29. The third-order valence-corrected chi connectivity index (χ3v) is 3.15. The molecule has 2 N–H and O–H groups in total. The number of nitrogens with two attached hydrogens (primary N) is 1. The van der Waals surface area contributed by atoms with Crippen LogP contribution < -0.4 is 5.73 Å². The molecule has 0 bridgehead atoms. The maximum Gasteiger partial charge on any atom is 0.123 e. The molecule has 15 heavy (non-hydrogen) atoms. The summed E-state index contributed by atoms with van der Waals surface area (Å²) in [6, 6.07) is 10.0. The molecule has 0 aliphatic carbocycles. The number of hydrogen-bond donors (Lipinski definition) is 1. The van der Waals surface area contributed by atoms with E-state index in [1.165, 1.54) is 5.56 Å². The predicted octanol–water partition coefficient (Wildman–Crippen LogP) is 3.40. The number of aryl methyl sites for hydroxylation is 1. The summed E-state index contributed by atoms with van der Waals surface area (Å²) in [6.45, 7) is 2.06. The van der Waals surface area contributed by atoms with E-state index in [4.69, 9.17) is 5.73 Å². The van der Waals surface area contributed by atoms with Gasteiger partial charge in [0, 0.05) is 16.2 Å². The quantitative estimate of drug-likeness (QED) is 0.856. The second-order valence-electron chi connectivity index (χ2n) is 3.44. The van der Waals surface area contributed by atoms with E-state index < -0.39 is 0 Å². The fourth-order valence-corrected chi connectivity index (χ4v) is 1.73. The average Bonchev–Trinajstić information content (AvgIpc) is 2.23. The fourth-order valence-electron chi connectivity index (χ4n) is 1.35. The second-order valence-corrected chi connectivity index (χ2v) is 4.29. The Morgan fingerprint density at radius 3 is 2.47 bits per heavy atom. The summed E-state index contributed by atoms with van der Waals surface area (Å²) in [7, 11) is 0. The topological polar surface area (TPSA) is 38.9 Å². The van der Waals surface area contributed by atoms with Gasteiger partial charge in [0.15, 0.2) is 0 Å². The Hall–Kier alpha value is -1.35. The zero-order valence-electron chi connectivity index (χ0n) is 8.37. The van der Waals surface area contributed by atoms with Gasteiger partial charge >= 0.3 is 0 Å². The molecular formula is C12H11BrN2. The van der Waals surface area contributed by atoms with Crippen LogP contribution in [-0.2, 0) is 0 Å². The zero-order valence-corrected chi connectivity index (χ0v) is 9.95. The molecule has 76 valence electrons. The predicted molar refractivity (Wildman–Crippen MR) is 66.5 cm³/mol. The molecule has 2 aromatic rings. The average molecular weight is 263 g/mol. The van der Waals surface area contributed by atoms with Gasteiger partial charge in [-0.3, -0.25) is 0 Å². The van der Waals surface area contributed by atoms with Gasteiger partial charge in [0.2, 0.25) is 0 Å². The van der Waals surface area contributed by atoms with Crippen molar-refractivity contribution in [3.63, 3.8) is 0 Å². The van der Waals surface area contributed by atoms with Crippen molar-refractivity contribution >= 4 is 21.7 Å². The minimum Gasteiger partial charge on any atom is -0.384 e. The molecule has 1 aromatic carbocycles. The summed E-state index contributed by atoms with van der Waals surface area (Å²) in [4.78, 5) is 4.07. The van der Waals surface area contributed by atoms with Gasteiger partial charge in [0.1, 0.15) is 5.82 Å². The standard InChI is InChI=1S/C12H11BrN2/c1-8-2-3-9(6-11(8)13)10-4-5-12(14)15-7-10/h2-7H,1H3,(H2,14,15). The molecule has 0 saturated carbocycles. The van der Waals surface area contributed by atoms with Crippen LogP contribution in [-0.4, -0.2) is 4.98 Å². The molecule has 0 unspecified atom stereocenters. The summed E-state index contributed by atoms with van der Waals surface area (Å²) in [5, 5.41) is 0. The van der Waals surface area contributed by atoms with Gasteiger partial charge < -0.3 is 5.73 Å². The lowest BCUT2D eigenvalue weighted by atomic mass is 10.1. The van der Waals surface area contributed by atoms with E-state index in [-0.39, 0.29) is 0 Å². The van der Waals surface area contributed by atoms with Crippen LogP contribution in [0.3, 0.4) is 0 Å². The van der Waals surface area contributed by atoms with Crippen molar-refractivity contribution in [3.8, 4) is 11.1 Å². The summed E-state index contributed by atoms with van der Waals surface area (Å²) < 4.78 is 1.11.